The summed E-state index contributed by atoms with van der Waals surface area (Å²) in [5.41, 5.74) is 2.42. The Labute approximate surface area is 191 Å². The van der Waals surface area contributed by atoms with Gasteiger partial charge in [0.25, 0.3) is 5.91 Å². The number of nitrogens with zero attached hydrogens (tertiary/aromatic N) is 1. The molecule has 4 aromatic rings. The van der Waals surface area contributed by atoms with E-state index in [0.29, 0.717) is 46.6 Å². The highest BCUT2D eigenvalue weighted by Gasteiger charge is 2.19. The van der Waals surface area contributed by atoms with Gasteiger partial charge < -0.3 is 23.9 Å². The number of nitrogens with one attached hydrogen (secondary N) is 1. The fourth-order valence-electron chi connectivity index (χ4n) is 3.39. The summed E-state index contributed by atoms with van der Waals surface area (Å²) in [7, 11) is 3.17. The van der Waals surface area contributed by atoms with E-state index in [-0.39, 0.29) is 5.91 Å². The van der Waals surface area contributed by atoms with Crippen LogP contribution in [-0.2, 0) is 0 Å². The van der Waals surface area contributed by atoms with Gasteiger partial charge in [-0.15, -0.1) is 0 Å². The molecule has 1 amide bonds. The second-order valence-corrected chi connectivity index (χ2v) is 7.05. The van der Waals surface area contributed by atoms with Crippen LogP contribution in [0.4, 0.5) is 5.69 Å². The Bertz CT molecular complexity index is 1250. The van der Waals surface area contributed by atoms with Crippen LogP contribution in [0.1, 0.15) is 17.3 Å². The molecule has 1 heterocycles. The van der Waals surface area contributed by atoms with E-state index in [0.717, 1.165) is 11.3 Å². The molecule has 7 heteroatoms. The van der Waals surface area contributed by atoms with Gasteiger partial charge in [0.2, 0.25) is 5.89 Å². The van der Waals surface area contributed by atoms with Crippen molar-refractivity contribution in [2.75, 3.05) is 26.1 Å². The molecule has 0 atom stereocenters. The number of oxazole rings is 1. The van der Waals surface area contributed by atoms with Crippen molar-refractivity contribution in [1.29, 1.82) is 0 Å². The summed E-state index contributed by atoms with van der Waals surface area (Å²) >= 11 is 0. The summed E-state index contributed by atoms with van der Waals surface area (Å²) in [4.78, 5) is 17.4. The molecule has 1 N–H and O–H groups in total. The van der Waals surface area contributed by atoms with Crippen LogP contribution in [0.25, 0.3) is 22.8 Å². The number of aromatic nitrogens is 1. The van der Waals surface area contributed by atoms with Crippen molar-refractivity contribution in [3.63, 3.8) is 0 Å². The van der Waals surface area contributed by atoms with Crippen LogP contribution < -0.4 is 19.5 Å². The third kappa shape index (κ3) is 4.82. The molecule has 0 bridgehead atoms. The largest absolute Gasteiger partial charge is 0.497 e. The quantitative estimate of drug-likeness (QED) is 0.377. The predicted octanol–water partition coefficient (Wildman–Crippen LogP) is 5.68. The maximum absolute atomic E-state index is 13.0. The molecule has 0 spiro atoms. The summed E-state index contributed by atoms with van der Waals surface area (Å²) in [5.74, 6) is 2.60. The highest BCUT2D eigenvalue weighted by atomic mass is 16.5. The van der Waals surface area contributed by atoms with Crippen molar-refractivity contribution in [2.45, 2.75) is 6.92 Å². The third-order valence-electron chi connectivity index (χ3n) is 5.01. The van der Waals surface area contributed by atoms with E-state index in [1.807, 2.05) is 37.3 Å². The Kier molecular flexibility index (Phi) is 6.59. The summed E-state index contributed by atoms with van der Waals surface area (Å²) in [5, 5.41) is 2.91. The number of hydrogen-bond donors (Lipinski definition) is 1. The molecule has 3 aromatic carbocycles. The molecule has 0 saturated carbocycles. The molecule has 7 nitrogen and oxygen atoms in total. The molecule has 0 aliphatic heterocycles. The van der Waals surface area contributed by atoms with Gasteiger partial charge in [0.1, 0.15) is 17.2 Å². The average molecular weight is 444 g/mol. The molecular weight excluding hydrogens is 420 g/mol. The molecular formula is C26H24N2O5. The number of carbonyl (C=O) groups is 1. The van der Waals surface area contributed by atoms with Crippen LogP contribution >= 0.6 is 0 Å². The number of anilines is 1. The maximum atomic E-state index is 13.0. The number of ether oxygens (including phenoxy) is 3. The van der Waals surface area contributed by atoms with Gasteiger partial charge in [0, 0.05) is 17.3 Å². The number of carbonyl (C=O) groups excluding carboxylic acids is 1. The molecule has 1 aromatic heterocycles. The van der Waals surface area contributed by atoms with Crippen LogP contribution in [0.2, 0.25) is 0 Å². The van der Waals surface area contributed by atoms with E-state index in [4.69, 9.17) is 18.6 Å². The Balaban J connectivity index is 1.61. The van der Waals surface area contributed by atoms with Gasteiger partial charge in [0.15, 0.2) is 5.76 Å². The minimum absolute atomic E-state index is 0.267. The lowest BCUT2D eigenvalue weighted by Gasteiger charge is -2.10. The van der Waals surface area contributed by atoms with Crippen molar-refractivity contribution < 1.29 is 23.4 Å². The molecule has 0 fully saturated rings. The Morgan fingerprint density at radius 3 is 2.42 bits per heavy atom. The van der Waals surface area contributed by atoms with Gasteiger partial charge in [-0.3, -0.25) is 4.79 Å². The predicted molar refractivity (Wildman–Crippen MR) is 126 cm³/mol. The molecule has 0 radical (unpaired) electrons. The highest BCUT2D eigenvalue weighted by Crippen LogP contribution is 2.35. The first-order chi connectivity index (χ1) is 16.1. The van der Waals surface area contributed by atoms with E-state index >= 15 is 0 Å². The fourth-order valence-corrected chi connectivity index (χ4v) is 3.39. The first-order valence-electron chi connectivity index (χ1n) is 10.4. The van der Waals surface area contributed by atoms with Crippen LogP contribution in [0.5, 0.6) is 17.2 Å². The van der Waals surface area contributed by atoms with Crippen molar-refractivity contribution in [1.82, 2.24) is 4.98 Å². The lowest BCUT2D eigenvalue weighted by molar-refractivity contribution is 0.102. The summed E-state index contributed by atoms with van der Waals surface area (Å²) in [6, 6.07) is 19.8. The van der Waals surface area contributed by atoms with Gasteiger partial charge in [-0.25, -0.2) is 4.98 Å². The number of hydrogen-bond acceptors (Lipinski definition) is 6. The van der Waals surface area contributed by atoms with Crippen LogP contribution in [0, 0.1) is 0 Å². The number of rotatable bonds is 8. The van der Waals surface area contributed by atoms with Gasteiger partial charge in [-0.2, -0.15) is 0 Å². The summed E-state index contributed by atoms with van der Waals surface area (Å²) in [6.07, 6.45) is 1.61. The molecule has 33 heavy (non-hydrogen) atoms. The standard InChI is InChI=1S/C26H24N2O5/c1-4-32-18-11-9-17(10-12-18)28-25(29)20-7-5-6-8-21(20)26-27-16-24(33-26)22-14-13-19(30-2)15-23(22)31-3/h5-16H,4H2,1-3H3,(H,28,29). The zero-order valence-electron chi connectivity index (χ0n) is 18.6. The molecule has 168 valence electrons. The van der Waals surface area contributed by atoms with Gasteiger partial charge >= 0.3 is 0 Å². The van der Waals surface area contributed by atoms with Gasteiger partial charge in [-0.05, 0) is 55.5 Å². The first kappa shape index (κ1) is 22.0. The van der Waals surface area contributed by atoms with E-state index < -0.39 is 0 Å². The molecule has 0 aliphatic carbocycles. The second kappa shape index (κ2) is 9.91. The molecule has 4 rings (SSSR count). The zero-order chi connectivity index (χ0) is 23.2. The van der Waals surface area contributed by atoms with E-state index in [2.05, 4.69) is 10.3 Å². The summed E-state index contributed by atoms with van der Waals surface area (Å²) in [6.45, 7) is 2.51. The second-order valence-electron chi connectivity index (χ2n) is 7.05. The van der Waals surface area contributed by atoms with Crippen molar-refractivity contribution >= 4 is 11.6 Å². The van der Waals surface area contributed by atoms with Gasteiger partial charge in [-0.1, -0.05) is 12.1 Å². The number of methoxy groups -OCH3 is 2. The first-order valence-corrected chi connectivity index (χ1v) is 10.4. The van der Waals surface area contributed by atoms with Crippen molar-refractivity contribution in [3.05, 3.63) is 78.5 Å². The van der Waals surface area contributed by atoms with Crippen molar-refractivity contribution in [3.8, 4) is 40.0 Å². The average Bonchev–Trinajstić information content (AvgIpc) is 3.35. The SMILES string of the molecule is CCOc1ccc(NC(=O)c2ccccc2-c2ncc(-c3ccc(OC)cc3OC)o2)cc1. The molecule has 0 unspecified atom stereocenters. The smallest absolute Gasteiger partial charge is 0.256 e. The van der Waals surface area contributed by atoms with Crippen LogP contribution in [0.3, 0.4) is 0 Å². The monoisotopic (exact) mass is 444 g/mol. The van der Waals surface area contributed by atoms with Crippen molar-refractivity contribution in [2.24, 2.45) is 0 Å². The fraction of sp³-hybridized carbons (Fsp3) is 0.154. The zero-order valence-corrected chi connectivity index (χ0v) is 18.6. The lowest BCUT2D eigenvalue weighted by atomic mass is 10.1. The number of benzene rings is 3. The highest BCUT2D eigenvalue weighted by molar-refractivity contribution is 6.08. The van der Waals surface area contributed by atoms with Gasteiger partial charge in [0.05, 0.1) is 38.2 Å². The number of amides is 1. The minimum atomic E-state index is -0.267. The normalized spacial score (nSPS) is 10.5. The maximum Gasteiger partial charge on any atom is 0.256 e. The topological polar surface area (TPSA) is 82.8 Å². The lowest BCUT2D eigenvalue weighted by Crippen LogP contribution is -2.13. The van der Waals surface area contributed by atoms with Crippen LogP contribution in [0.15, 0.2) is 77.3 Å². The third-order valence-corrected chi connectivity index (χ3v) is 5.01. The van der Waals surface area contributed by atoms with E-state index in [1.165, 1.54) is 0 Å². The Hall–Kier alpha value is -4.26. The minimum Gasteiger partial charge on any atom is -0.497 e. The Morgan fingerprint density at radius 1 is 0.939 bits per heavy atom. The molecule has 0 saturated heterocycles. The van der Waals surface area contributed by atoms with Crippen LogP contribution in [-0.4, -0.2) is 31.7 Å². The summed E-state index contributed by atoms with van der Waals surface area (Å²) < 4.78 is 22.2. The molecule has 0 aliphatic rings. The van der Waals surface area contributed by atoms with E-state index in [9.17, 15) is 4.79 Å². The Morgan fingerprint density at radius 2 is 1.70 bits per heavy atom. The van der Waals surface area contributed by atoms with E-state index in [1.54, 1.807) is 56.8 Å².